The number of ether oxygens (including phenoxy) is 1. The van der Waals surface area contributed by atoms with Crippen molar-refractivity contribution in [2.24, 2.45) is 0 Å². The highest BCUT2D eigenvalue weighted by Gasteiger charge is 2.16. The van der Waals surface area contributed by atoms with E-state index >= 15 is 0 Å². The molecule has 0 spiro atoms. The van der Waals surface area contributed by atoms with Crippen molar-refractivity contribution in [3.8, 4) is 11.8 Å². The molecule has 0 bridgehead atoms. The summed E-state index contributed by atoms with van der Waals surface area (Å²) in [5.74, 6) is 1.59. The van der Waals surface area contributed by atoms with E-state index in [1.165, 1.54) is 6.42 Å². The summed E-state index contributed by atoms with van der Waals surface area (Å²) in [6.45, 7) is 0. The van der Waals surface area contributed by atoms with Gasteiger partial charge in [0.2, 0.25) is 0 Å². The van der Waals surface area contributed by atoms with Crippen molar-refractivity contribution in [3.05, 3.63) is 0 Å². The van der Waals surface area contributed by atoms with Crippen LogP contribution in [0.3, 0.4) is 0 Å². The minimum Gasteiger partial charge on any atom is -0.472 e. The Labute approximate surface area is 82.2 Å². The second-order valence-electron chi connectivity index (χ2n) is 3.22. The first-order valence-electron chi connectivity index (χ1n) is 4.64. The molecule has 1 fully saturated rings. The molecule has 4 heteroatoms. The zero-order valence-corrected chi connectivity index (χ0v) is 7.78. The average molecular weight is 196 g/mol. The van der Waals surface area contributed by atoms with E-state index < -0.39 is 11.9 Å². The number of carboxylic acid groups (broad SMARTS) is 1. The molecule has 0 amide bonds. The zero-order chi connectivity index (χ0) is 10.4. The molecule has 1 aliphatic rings. The number of hydrogen-bond donors (Lipinski definition) is 1. The maximum absolute atomic E-state index is 11.0. The Bertz CT molecular complexity index is 278. The third kappa shape index (κ3) is 3.94. The predicted molar refractivity (Wildman–Crippen MR) is 48.4 cm³/mol. The van der Waals surface area contributed by atoms with Gasteiger partial charge in [0.1, 0.15) is 6.10 Å². The molecule has 1 aliphatic carbocycles. The van der Waals surface area contributed by atoms with Crippen molar-refractivity contribution in [1.29, 1.82) is 0 Å². The Balaban J connectivity index is 2.33. The van der Waals surface area contributed by atoms with E-state index in [1.807, 2.05) is 5.92 Å². The summed E-state index contributed by atoms with van der Waals surface area (Å²) in [6, 6.07) is 0. The van der Waals surface area contributed by atoms with E-state index in [2.05, 4.69) is 0 Å². The van der Waals surface area contributed by atoms with Crippen molar-refractivity contribution in [2.75, 3.05) is 0 Å². The normalized spacial score (nSPS) is 16.6. The number of rotatable bonds is 1. The summed E-state index contributed by atoms with van der Waals surface area (Å²) in [5.41, 5.74) is 0. The van der Waals surface area contributed by atoms with Crippen LogP contribution in [0.4, 0.5) is 0 Å². The molecule has 0 aliphatic heterocycles. The van der Waals surface area contributed by atoms with Crippen LogP contribution in [-0.4, -0.2) is 23.1 Å². The number of esters is 1. The number of hydrogen-bond acceptors (Lipinski definition) is 3. The first-order valence-corrected chi connectivity index (χ1v) is 4.64. The van der Waals surface area contributed by atoms with Gasteiger partial charge in [0.15, 0.2) is 0 Å². The van der Waals surface area contributed by atoms with Gasteiger partial charge in [0.05, 0.1) is 0 Å². The molecule has 0 unspecified atom stereocenters. The number of aliphatic carboxylic acids is 1. The second kappa shape index (κ2) is 5.28. The lowest BCUT2D eigenvalue weighted by atomic mass is 9.98. The number of carboxylic acids is 1. The van der Waals surface area contributed by atoms with Gasteiger partial charge in [-0.1, -0.05) is 6.42 Å². The largest absolute Gasteiger partial charge is 0.472 e. The predicted octanol–water partition coefficient (Wildman–Crippen LogP) is 0.950. The maximum atomic E-state index is 11.0. The Hall–Kier alpha value is -1.50. The highest BCUT2D eigenvalue weighted by Crippen LogP contribution is 2.20. The molecule has 0 aromatic heterocycles. The van der Waals surface area contributed by atoms with Gasteiger partial charge in [0, 0.05) is 11.8 Å². The second-order valence-corrected chi connectivity index (χ2v) is 3.22. The van der Waals surface area contributed by atoms with E-state index in [0.717, 1.165) is 25.7 Å². The third-order valence-electron chi connectivity index (χ3n) is 2.10. The van der Waals surface area contributed by atoms with Gasteiger partial charge in [-0.2, -0.15) is 0 Å². The van der Waals surface area contributed by atoms with E-state index in [0.29, 0.717) is 0 Å². The van der Waals surface area contributed by atoms with Crippen LogP contribution in [0, 0.1) is 11.8 Å². The van der Waals surface area contributed by atoms with Gasteiger partial charge in [-0.15, -0.1) is 0 Å². The van der Waals surface area contributed by atoms with Crippen molar-refractivity contribution in [2.45, 2.75) is 38.2 Å². The lowest BCUT2D eigenvalue weighted by molar-refractivity contribution is -0.143. The standard InChI is InChI=1S/C10H12O4/c11-9(12)6-7-10(13)14-8-4-2-1-3-5-8/h8H,1-5H2,(H,11,12). The molecule has 14 heavy (non-hydrogen) atoms. The highest BCUT2D eigenvalue weighted by atomic mass is 16.5. The van der Waals surface area contributed by atoms with Crippen molar-refractivity contribution in [1.82, 2.24) is 0 Å². The van der Waals surface area contributed by atoms with E-state index in [1.54, 1.807) is 5.92 Å². The Kier molecular flexibility index (Phi) is 3.99. The molecule has 0 aromatic carbocycles. The Morgan fingerprint density at radius 2 is 1.79 bits per heavy atom. The molecule has 1 saturated carbocycles. The number of carbonyl (C=O) groups excluding carboxylic acids is 1. The summed E-state index contributed by atoms with van der Waals surface area (Å²) < 4.78 is 4.97. The molecule has 0 saturated heterocycles. The lowest BCUT2D eigenvalue weighted by Crippen LogP contribution is -2.19. The molecule has 1 N–H and O–H groups in total. The molecule has 0 heterocycles. The molecule has 4 nitrogen and oxygen atoms in total. The molecule has 1 rings (SSSR count). The lowest BCUT2D eigenvalue weighted by Gasteiger charge is -2.20. The van der Waals surface area contributed by atoms with Crippen LogP contribution in [0.2, 0.25) is 0 Å². The van der Waals surface area contributed by atoms with Crippen molar-refractivity contribution in [3.63, 3.8) is 0 Å². The molecule has 0 atom stereocenters. The van der Waals surface area contributed by atoms with Crippen LogP contribution in [0.5, 0.6) is 0 Å². The van der Waals surface area contributed by atoms with E-state index in [9.17, 15) is 9.59 Å². The summed E-state index contributed by atoms with van der Waals surface area (Å²) >= 11 is 0. The fraction of sp³-hybridized carbons (Fsp3) is 0.600. The van der Waals surface area contributed by atoms with Gasteiger partial charge in [-0.05, 0) is 25.7 Å². The average Bonchev–Trinajstić information content (AvgIpc) is 2.16. The third-order valence-corrected chi connectivity index (χ3v) is 2.10. The first kappa shape index (κ1) is 10.6. The number of carbonyl (C=O) groups is 2. The van der Waals surface area contributed by atoms with Gasteiger partial charge in [0.25, 0.3) is 0 Å². The summed E-state index contributed by atoms with van der Waals surface area (Å²) in [6.07, 6.45) is 4.95. The van der Waals surface area contributed by atoms with E-state index in [4.69, 9.17) is 9.84 Å². The van der Waals surface area contributed by atoms with Gasteiger partial charge in [-0.3, -0.25) is 0 Å². The van der Waals surface area contributed by atoms with Crippen LogP contribution < -0.4 is 0 Å². The summed E-state index contributed by atoms with van der Waals surface area (Å²) in [4.78, 5) is 21.0. The molecule has 0 aromatic rings. The van der Waals surface area contributed by atoms with Crippen LogP contribution in [0.1, 0.15) is 32.1 Å². The highest BCUT2D eigenvalue weighted by molar-refractivity contribution is 5.97. The minimum absolute atomic E-state index is 0.0701. The Morgan fingerprint density at radius 1 is 1.14 bits per heavy atom. The maximum Gasteiger partial charge on any atom is 0.385 e. The zero-order valence-electron chi connectivity index (χ0n) is 7.78. The van der Waals surface area contributed by atoms with Crippen LogP contribution in [0.25, 0.3) is 0 Å². The SMILES string of the molecule is O=C(O)C#CC(=O)OC1CCCCC1. The fourth-order valence-corrected chi connectivity index (χ4v) is 1.47. The quantitative estimate of drug-likeness (QED) is 0.385. The van der Waals surface area contributed by atoms with Gasteiger partial charge >= 0.3 is 11.9 Å². The smallest absolute Gasteiger partial charge is 0.385 e. The molecule has 76 valence electrons. The monoisotopic (exact) mass is 196 g/mol. The Morgan fingerprint density at radius 3 is 2.36 bits per heavy atom. The fourth-order valence-electron chi connectivity index (χ4n) is 1.47. The molecular formula is C10H12O4. The van der Waals surface area contributed by atoms with E-state index in [-0.39, 0.29) is 6.10 Å². The first-order chi connectivity index (χ1) is 6.68. The van der Waals surface area contributed by atoms with Gasteiger partial charge < -0.3 is 9.84 Å². The minimum atomic E-state index is -1.31. The van der Waals surface area contributed by atoms with Crippen LogP contribution in [0.15, 0.2) is 0 Å². The van der Waals surface area contributed by atoms with Crippen LogP contribution >= 0.6 is 0 Å². The molecular weight excluding hydrogens is 184 g/mol. The van der Waals surface area contributed by atoms with Crippen LogP contribution in [-0.2, 0) is 14.3 Å². The topological polar surface area (TPSA) is 63.6 Å². The van der Waals surface area contributed by atoms with Crippen molar-refractivity contribution < 1.29 is 19.4 Å². The summed E-state index contributed by atoms with van der Waals surface area (Å²) in [7, 11) is 0. The summed E-state index contributed by atoms with van der Waals surface area (Å²) in [5, 5.41) is 8.19. The molecule has 0 radical (unpaired) electrons. The van der Waals surface area contributed by atoms with Crippen molar-refractivity contribution >= 4 is 11.9 Å². The van der Waals surface area contributed by atoms with Gasteiger partial charge in [-0.25, -0.2) is 9.59 Å².